The minimum atomic E-state index is -0.596. The third kappa shape index (κ3) is 2.14. The number of rotatable bonds is 3. The standard InChI is InChI=1S/C10H20O2Si/c1-11-8-13-7-3-5-10(13)9-4-2-6-12-9/h9-10,13H,2-8H2,1H3. The lowest BCUT2D eigenvalue weighted by Crippen LogP contribution is -2.29. The van der Waals surface area contributed by atoms with Crippen molar-refractivity contribution in [3.63, 3.8) is 0 Å². The van der Waals surface area contributed by atoms with Gasteiger partial charge in [-0.1, -0.05) is 18.9 Å². The molecule has 0 aromatic heterocycles. The fourth-order valence-electron chi connectivity index (χ4n) is 2.92. The van der Waals surface area contributed by atoms with Crippen LogP contribution in [0.3, 0.4) is 0 Å². The molecule has 0 aromatic rings. The van der Waals surface area contributed by atoms with Gasteiger partial charge in [-0.3, -0.25) is 0 Å². The van der Waals surface area contributed by atoms with E-state index in [4.69, 9.17) is 9.47 Å². The minimum Gasteiger partial charge on any atom is -0.388 e. The van der Waals surface area contributed by atoms with Crippen LogP contribution in [0, 0.1) is 0 Å². The van der Waals surface area contributed by atoms with Crippen molar-refractivity contribution in [3.05, 3.63) is 0 Å². The van der Waals surface area contributed by atoms with Crippen molar-refractivity contribution in [2.24, 2.45) is 0 Å². The van der Waals surface area contributed by atoms with Crippen molar-refractivity contribution in [2.45, 2.75) is 43.4 Å². The molecule has 0 aromatic carbocycles. The van der Waals surface area contributed by atoms with E-state index in [-0.39, 0.29) is 0 Å². The van der Waals surface area contributed by atoms with Gasteiger partial charge < -0.3 is 9.47 Å². The highest BCUT2D eigenvalue weighted by atomic mass is 28.3. The quantitative estimate of drug-likeness (QED) is 0.646. The second-order valence-electron chi connectivity index (χ2n) is 4.36. The van der Waals surface area contributed by atoms with Gasteiger partial charge in [0.2, 0.25) is 0 Å². The summed E-state index contributed by atoms with van der Waals surface area (Å²) in [6, 6.07) is 1.48. The molecule has 3 atom stereocenters. The van der Waals surface area contributed by atoms with Crippen molar-refractivity contribution in [1.29, 1.82) is 0 Å². The number of hydrogen-bond donors (Lipinski definition) is 0. The van der Waals surface area contributed by atoms with Crippen molar-refractivity contribution in [3.8, 4) is 0 Å². The van der Waals surface area contributed by atoms with Crippen LogP contribution in [0.2, 0.25) is 11.6 Å². The molecule has 2 saturated heterocycles. The number of methoxy groups -OCH3 is 1. The lowest BCUT2D eigenvalue weighted by atomic mass is 10.1. The Labute approximate surface area is 82.2 Å². The zero-order valence-corrected chi connectivity index (χ0v) is 9.65. The van der Waals surface area contributed by atoms with E-state index in [1.54, 1.807) is 0 Å². The molecule has 0 aliphatic carbocycles. The molecule has 0 N–H and O–H groups in total. The second-order valence-corrected chi connectivity index (χ2v) is 7.65. The zero-order valence-electron chi connectivity index (χ0n) is 8.50. The highest BCUT2D eigenvalue weighted by molar-refractivity contribution is 6.61. The van der Waals surface area contributed by atoms with Crippen molar-refractivity contribution in [1.82, 2.24) is 0 Å². The molecule has 3 unspecified atom stereocenters. The van der Waals surface area contributed by atoms with Gasteiger partial charge in [0.1, 0.15) is 0 Å². The van der Waals surface area contributed by atoms with E-state index in [9.17, 15) is 0 Å². The van der Waals surface area contributed by atoms with Crippen LogP contribution < -0.4 is 0 Å². The fourth-order valence-corrected chi connectivity index (χ4v) is 6.56. The van der Waals surface area contributed by atoms with Crippen LogP contribution in [0.15, 0.2) is 0 Å². The molecule has 0 amide bonds. The van der Waals surface area contributed by atoms with Gasteiger partial charge in [-0.25, -0.2) is 0 Å². The van der Waals surface area contributed by atoms with E-state index in [1.165, 1.54) is 31.7 Å². The van der Waals surface area contributed by atoms with E-state index in [2.05, 4.69) is 0 Å². The predicted molar refractivity (Wildman–Crippen MR) is 55.8 cm³/mol. The summed E-state index contributed by atoms with van der Waals surface area (Å²) in [4.78, 5) is 0. The Morgan fingerprint density at radius 1 is 1.38 bits per heavy atom. The van der Waals surface area contributed by atoms with E-state index in [0.29, 0.717) is 6.10 Å². The molecule has 2 nitrogen and oxygen atoms in total. The molecule has 0 radical (unpaired) electrons. The van der Waals surface area contributed by atoms with Crippen molar-refractivity contribution >= 4 is 8.80 Å². The smallest absolute Gasteiger partial charge is 0.0733 e. The third-order valence-corrected chi connectivity index (χ3v) is 7.43. The summed E-state index contributed by atoms with van der Waals surface area (Å²) in [5, 5.41) is 0. The maximum Gasteiger partial charge on any atom is 0.0733 e. The Balaban J connectivity index is 1.88. The molecule has 0 saturated carbocycles. The van der Waals surface area contributed by atoms with Crippen LogP contribution in [0.1, 0.15) is 25.7 Å². The average molecular weight is 200 g/mol. The summed E-state index contributed by atoms with van der Waals surface area (Å²) in [5.74, 6) is 0. The van der Waals surface area contributed by atoms with E-state index >= 15 is 0 Å². The Morgan fingerprint density at radius 3 is 3.00 bits per heavy atom. The van der Waals surface area contributed by atoms with Crippen molar-refractivity contribution in [2.75, 3.05) is 19.9 Å². The highest BCUT2D eigenvalue weighted by Crippen LogP contribution is 2.38. The van der Waals surface area contributed by atoms with E-state index < -0.39 is 8.80 Å². The zero-order chi connectivity index (χ0) is 9.10. The molecule has 3 heteroatoms. The van der Waals surface area contributed by atoms with Crippen LogP contribution in [0.5, 0.6) is 0 Å². The maximum absolute atomic E-state index is 5.79. The summed E-state index contributed by atoms with van der Waals surface area (Å²) in [6.07, 6.45) is 7.15. The fraction of sp³-hybridized carbons (Fsp3) is 1.00. The van der Waals surface area contributed by atoms with Gasteiger partial charge in [0.05, 0.1) is 14.9 Å². The van der Waals surface area contributed by atoms with Gasteiger partial charge >= 0.3 is 0 Å². The molecular formula is C10H20O2Si. The molecule has 2 rings (SSSR count). The number of ether oxygens (including phenoxy) is 2. The molecule has 0 bridgehead atoms. The molecular weight excluding hydrogens is 180 g/mol. The van der Waals surface area contributed by atoms with Gasteiger partial charge in [0.15, 0.2) is 0 Å². The predicted octanol–water partition coefficient (Wildman–Crippen LogP) is 1.74. The Morgan fingerprint density at radius 2 is 2.31 bits per heavy atom. The van der Waals surface area contributed by atoms with Gasteiger partial charge in [0, 0.05) is 19.9 Å². The van der Waals surface area contributed by atoms with E-state index in [0.717, 1.165) is 18.4 Å². The first-order valence-corrected chi connectivity index (χ1v) is 7.82. The molecule has 0 spiro atoms. The Kier molecular flexibility index (Phi) is 3.41. The number of hydrogen-bond acceptors (Lipinski definition) is 2. The van der Waals surface area contributed by atoms with Crippen LogP contribution in [0.25, 0.3) is 0 Å². The first-order valence-electron chi connectivity index (χ1n) is 5.52. The van der Waals surface area contributed by atoms with Gasteiger partial charge in [-0.15, -0.1) is 0 Å². The molecule has 2 aliphatic heterocycles. The lowest BCUT2D eigenvalue weighted by molar-refractivity contribution is 0.102. The van der Waals surface area contributed by atoms with Gasteiger partial charge in [-0.2, -0.15) is 0 Å². The first kappa shape index (κ1) is 9.68. The topological polar surface area (TPSA) is 18.5 Å². The van der Waals surface area contributed by atoms with Crippen LogP contribution in [-0.2, 0) is 9.47 Å². The van der Waals surface area contributed by atoms with Crippen LogP contribution >= 0.6 is 0 Å². The molecule has 2 aliphatic rings. The molecule has 76 valence electrons. The SMILES string of the molecule is COC[SiH]1CCCC1C1CCCO1. The van der Waals surface area contributed by atoms with Gasteiger partial charge in [-0.05, 0) is 18.4 Å². The first-order chi connectivity index (χ1) is 6.42. The average Bonchev–Trinajstić information content (AvgIpc) is 2.71. The molecule has 13 heavy (non-hydrogen) atoms. The van der Waals surface area contributed by atoms with Crippen LogP contribution in [0.4, 0.5) is 0 Å². The lowest BCUT2D eigenvalue weighted by Gasteiger charge is -2.23. The summed E-state index contributed by atoms with van der Waals surface area (Å²) >= 11 is 0. The minimum absolute atomic E-state index is 0.596. The molecule has 2 heterocycles. The Hall–Kier alpha value is 0.137. The van der Waals surface area contributed by atoms with Crippen molar-refractivity contribution < 1.29 is 9.47 Å². The highest BCUT2D eigenvalue weighted by Gasteiger charge is 2.36. The second kappa shape index (κ2) is 4.58. The summed E-state index contributed by atoms with van der Waals surface area (Å²) in [6.45, 7) is 1.01. The summed E-state index contributed by atoms with van der Waals surface area (Å²) in [7, 11) is 1.25. The Bertz CT molecular complexity index is 157. The maximum atomic E-state index is 5.79. The summed E-state index contributed by atoms with van der Waals surface area (Å²) in [5.41, 5.74) is 0.933. The largest absolute Gasteiger partial charge is 0.388 e. The van der Waals surface area contributed by atoms with E-state index in [1.807, 2.05) is 7.11 Å². The summed E-state index contributed by atoms with van der Waals surface area (Å²) < 4.78 is 11.1. The normalized spacial score (nSPS) is 39.9. The molecule has 2 fully saturated rings. The van der Waals surface area contributed by atoms with Crippen LogP contribution in [-0.4, -0.2) is 34.8 Å². The van der Waals surface area contributed by atoms with Gasteiger partial charge in [0.25, 0.3) is 0 Å². The monoisotopic (exact) mass is 200 g/mol. The third-order valence-electron chi connectivity index (χ3n) is 3.54.